The Morgan fingerprint density at radius 3 is 3.21 bits per heavy atom. The molecule has 1 atom stereocenters. The van der Waals surface area contributed by atoms with Crippen LogP contribution in [-0.4, -0.2) is 35.8 Å². The van der Waals surface area contributed by atoms with Crippen LogP contribution in [0.25, 0.3) is 0 Å². The summed E-state index contributed by atoms with van der Waals surface area (Å²) < 4.78 is 5.81. The van der Waals surface area contributed by atoms with E-state index in [-0.39, 0.29) is 6.10 Å². The molecular weight excluding hydrogens is 266 g/mol. The number of nitrogens with two attached hydrogens (primary N) is 1. The number of anilines is 2. The Balaban J connectivity index is 2.08. The number of hydrogen-bond acceptors (Lipinski definition) is 6. The monoisotopic (exact) mass is 285 g/mol. The summed E-state index contributed by atoms with van der Waals surface area (Å²) in [5.74, 6) is 6.42. The molecule has 1 fully saturated rings. The lowest BCUT2D eigenvalue weighted by Gasteiger charge is -2.33. The van der Waals surface area contributed by atoms with Crippen LogP contribution in [0.1, 0.15) is 26.2 Å². The van der Waals surface area contributed by atoms with E-state index in [2.05, 4.69) is 27.2 Å². The minimum absolute atomic E-state index is 0.244. The molecule has 1 aromatic heterocycles. The Morgan fingerprint density at radius 1 is 1.63 bits per heavy atom. The van der Waals surface area contributed by atoms with E-state index in [1.807, 2.05) is 0 Å². The van der Waals surface area contributed by atoms with Gasteiger partial charge in [-0.3, -0.25) is 5.43 Å². The molecule has 6 nitrogen and oxygen atoms in total. The molecular formula is C12H20ClN5O. The second-order valence-electron chi connectivity index (χ2n) is 4.59. The van der Waals surface area contributed by atoms with Crippen LogP contribution >= 0.6 is 11.6 Å². The first-order valence-corrected chi connectivity index (χ1v) is 6.98. The quantitative estimate of drug-likeness (QED) is 0.635. The van der Waals surface area contributed by atoms with Crippen molar-refractivity contribution in [3.8, 4) is 0 Å². The lowest BCUT2D eigenvalue weighted by atomic mass is 10.1. The summed E-state index contributed by atoms with van der Waals surface area (Å²) >= 11 is 6.16. The molecule has 7 heteroatoms. The highest BCUT2D eigenvalue weighted by Gasteiger charge is 2.23. The van der Waals surface area contributed by atoms with Crippen LogP contribution in [0, 0.1) is 0 Å². The molecule has 0 bridgehead atoms. The normalized spacial score (nSPS) is 19.5. The van der Waals surface area contributed by atoms with E-state index < -0.39 is 0 Å². The molecule has 0 radical (unpaired) electrons. The van der Waals surface area contributed by atoms with Crippen LogP contribution in [-0.2, 0) is 4.74 Å². The molecule has 1 saturated heterocycles. The Morgan fingerprint density at radius 2 is 2.47 bits per heavy atom. The average Bonchev–Trinajstić information content (AvgIpc) is 2.46. The summed E-state index contributed by atoms with van der Waals surface area (Å²) in [4.78, 5) is 10.4. The zero-order valence-electron chi connectivity index (χ0n) is 11.1. The van der Waals surface area contributed by atoms with Crippen LogP contribution in [0.15, 0.2) is 6.20 Å². The minimum Gasteiger partial charge on any atom is -0.376 e. The molecule has 1 aromatic rings. The Labute approximate surface area is 118 Å². The number of nitrogens with one attached hydrogen (secondary N) is 1. The van der Waals surface area contributed by atoms with Crippen molar-refractivity contribution in [2.45, 2.75) is 32.3 Å². The summed E-state index contributed by atoms with van der Waals surface area (Å²) in [5.41, 5.74) is 2.44. The van der Waals surface area contributed by atoms with Gasteiger partial charge in [0.2, 0.25) is 5.95 Å². The SMILES string of the molecule is CCCOC1CCCN(c2nc(NN)ncc2Cl)C1. The lowest BCUT2D eigenvalue weighted by Crippen LogP contribution is -2.40. The summed E-state index contributed by atoms with van der Waals surface area (Å²) in [6.07, 6.45) is 5.00. The fourth-order valence-corrected chi connectivity index (χ4v) is 2.41. The van der Waals surface area contributed by atoms with Crippen molar-refractivity contribution in [1.29, 1.82) is 0 Å². The van der Waals surface area contributed by atoms with Crippen LogP contribution in [0.5, 0.6) is 0 Å². The van der Waals surface area contributed by atoms with Crippen LogP contribution < -0.4 is 16.2 Å². The Hall–Kier alpha value is -1.11. The number of halogens is 1. The summed E-state index contributed by atoms with van der Waals surface area (Å²) in [6.45, 7) is 4.64. The second-order valence-corrected chi connectivity index (χ2v) is 5.00. The summed E-state index contributed by atoms with van der Waals surface area (Å²) in [5, 5.41) is 0.537. The van der Waals surface area contributed by atoms with Crippen molar-refractivity contribution in [1.82, 2.24) is 9.97 Å². The third-order valence-corrected chi connectivity index (χ3v) is 3.36. The van der Waals surface area contributed by atoms with Gasteiger partial charge in [0.15, 0.2) is 5.82 Å². The van der Waals surface area contributed by atoms with Gasteiger partial charge in [-0.2, -0.15) is 4.98 Å². The van der Waals surface area contributed by atoms with Crippen molar-refractivity contribution in [3.63, 3.8) is 0 Å². The van der Waals surface area contributed by atoms with E-state index in [4.69, 9.17) is 22.2 Å². The molecule has 2 rings (SSSR count). The molecule has 106 valence electrons. The van der Waals surface area contributed by atoms with Gasteiger partial charge in [-0.15, -0.1) is 0 Å². The van der Waals surface area contributed by atoms with Gasteiger partial charge < -0.3 is 9.64 Å². The molecule has 1 aliphatic heterocycles. The van der Waals surface area contributed by atoms with E-state index in [9.17, 15) is 0 Å². The average molecular weight is 286 g/mol. The van der Waals surface area contributed by atoms with Crippen LogP contribution in [0.4, 0.5) is 11.8 Å². The van der Waals surface area contributed by atoms with Crippen molar-refractivity contribution in [3.05, 3.63) is 11.2 Å². The highest BCUT2D eigenvalue weighted by Crippen LogP contribution is 2.27. The maximum Gasteiger partial charge on any atom is 0.239 e. The second kappa shape index (κ2) is 6.88. The van der Waals surface area contributed by atoms with Gasteiger partial charge in [0.25, 0.3) is 0 Å². The molecule has 1 aliphatic rings. The zero-order valence-corrected chi connectivity index (χ0v) is 11.9. The van der Waals surface area contributed by atoms with Crippen LogP contribution in [0.3, 0.4) is 0 Å². The van der Waals surface area contributed by atoms with Gasteiger partial charge in [-0.25, -0.2) is 10.8 Å². The Kier molecular flexibility index (Phi) is 5.18. The van der Waals surface area contributed by atoms with Crippen LogP contribution in [0.2, 0.25) is 5.02 Å². The highest BCUT2D eigenvalue weighted by atomic mass is 35.5. The van der Waals surface area contributed by atoms with Crippen molar-refractivity contribution >= 4 is 23.4 Å². The molecule has 2 heterocycles. The fraction of sp³-hybridized carbons (Fsp3) is 0.667. The van der Waals surface area contributed by atoms with Gasteiger partial charge in [0, 0.05) is 19.7 Å². The van der Waals surface area contributed by atoms with Gasteiger partial charge in [-0.1, -0.05) is 18.5 Å². The number of rotatable bonds is 5. The predicted molar refractivity (Wildman–Crippen MR) is 76.3 cm³/mol. The molecule has 0 aromatic carbocycles. The molecule has 0 aliphatic carbocycles. The Bertz CT molecular complexity index is 417. The largest absolute Gasteiger partial charge is 0.376 e. The number of piperidine rings is 1. The van der Waals surface area contributed by atoms with E-state index in [0.717, 1.165) is 44.8 Å². The van der Waals surface area contributed by atoms with Gasteiger partial charge in [-0.05, 0) is 19.3 Å². The molecule has 3 N–H and O–H groups in total. The topological polar surface area (TPSA) is 76.3 Å². The smallest absolute Gasteiger partial charge is 0.239 e. The number of nitrogen functional groups attached to an aromatic ring is 1. The van der Waals surface area contributed by atoms with Gasteiger partial charge in [0.1, 0.15) is 5.02 Å². The standard InChI is InChI=1S/C12H20ClN5O/c1-2-6-19-9-4-3-5-18(8-9)11-10(13)7-15-12(16-11)17-14/h7,9H,2-6,8,14H2,1H3,(H,15,16,17). The molecule has 1 unspecified atom stereocenters. The van der Waals surface area contributed by atoms with Gasteiger partial charge >= 0.3 is 0 Å². The van der Waals surface area contributed by atoms with Crippen molar-refractivity contribution in [2.75, 3.05) is 30.0 Å². The molecule has 0 spiro atoms. The number of hydrazine groups is 1. The van der Waals surface area contributed by atoms with E-state index in [0.29, 0.717) is 11.0 Å². The number of aromatic nitrogens is 2. The number of hydrogen-bond donors (Lipinski definition) is 2. The first-order valence-electron chi connectivity index (χ1n) is 6.60. The maximum absolute atomic E-state index is 6.16. The molecule has 0 saturated carbocycles. The number of ether oxygens (including phenoxy) is 1. The van der Waals surface area contributed by atoms with E-state index >= 15 is 0 Å². The third kappa shape index (κ3) is 3.68. The van der Waals surface area contributed by atoms with E-state index in [1.54, 1.807) is 6.20 Å². The van der Waals surface area contributed by atoms with Gasteiger partial charge in [0.05, 0.1) is 12.3 Å². The summed E-state index contributed by atoms with van der Waals surface area (Å²) in [6, 6.07) is 0. The number of nitrogens with zero attached hydrogens (tertiary/aromatic N) is 3. The third-order valence-electron chi connectivity index (χ3n) is 3.09. The lowest BCUT2D eigenvalue weighted by molar-refractivity contribution is 0.0439. The van der Waals surface area contributed by atoms with Crippen molar-refractivity contribution < 1.29 is 4.74 Å². The zero-order chi connectivity index (χ0) is 13.7. The van der Waals surface area contributed by atoms with Crippen molar-refractivity contribution in [2.24, 2.45) is 5.84 Å². The first kappa shape index (κ1) is 14.3. The summed E-state index contributed by atoms with van der Waals surface area (Å²) in [7, 11) is 0. The van der Waals surface area contributed by atoms with E-state index in [1.165, 1.54) is 0 Å². The molecule has 0 amide bonds. The molecule has 19 heavy (non-hydrogen) atoms. The maximum atomic E-state index is 6.16. The minimum atomic E-state index is 0.244. The predicted octanol–water partition coefficient (Wildman–Crippen LogP) is 1.81. The fourth-order valence-electron chi connectivity index (χ4n) is 2.20. The first-order chi connectivity index (χ1) is 9.24. The highest BCUT2D eigenvalue weighted by molar-refractivity contribution is 6.32.